The van der Waals surface area contributed by atoms with Crippen molar-refractivity contribution in [3.63, 3.8) is 0 Å². The Morgan fingerprint density at radius 1 is 1.25 bits per heavy atom. The smallest absolute Gasteiger partial charge is 0.303 e. The number of esters is 2. The fourth-order valence-electron chi connectivity index (χ4n) is 1.68. The number of halogens is 1. The highest BCUT2D eigenvalue weighted by molar-refractivity contribution is 5.67. The van der Waals surface area contributed by atoms with Crippen LogP contribution in [0.4, 0.5) is 4.39 Å². The molecule has 1 aliphatic rings. The fraction of sp³-hybridized carbons (Fsp3) is 0.800. The van der Waals surface area contributed by atoms with Crippen molar-refractivity contribution in [3.8, 4) is 0 Å². The van der Waals surface area contributed by atoms with Crippen LogP contribution in [0, 0.1) is 0 Å². The first-order valence-electron chi connectivity index (χ1n) is 5.04. The first kappa shape index (κ1) is 12.9. The average Bonchev–Trinajstić information content (AvgIpc) is 2.09. The minimum Gasteiger partial charge on any atom is -0.458 e. The second kappa shape index (κ2) is 5.25. The quantitative estimate of drug-likeness (QED) is 0.666. The van der Waals surface area contributed by atoms with Crippen LogP contribution in [-0.2, 0) is 23.8 Å². The summed E-state index contributed by atoms with van der Waals surface area (Å²) in [6.45, 7) is 4.02. The molecule has 0 bridgehead atoms. The molecule has 4 atom stereocenters. The Hall–Kier alpha value is -1.17. The van der Waals surface area contributed by atoms with Gasteiger partial charge in [-0.3, -0.25) is 9.59 Å². The first-order chi connectivity index (χ1) is 7.40. The summed E-state index contributed by atoms with van der Waals surface area (Å²) in [7, 11) is 0. The van der Waals surface area contributed by atoms with E-state index < -0.39 is 36.6 Å². The van der Waals surface area contributed by atoms with Gasteiger partial charge < -0.3 is 14.2 Å². The maximum absolute atomic E-state index is 13.1. The molecule has 0 aromatic heterocycles. The van der Waals surface area contributed by atoms with Gasteiger partial charge in [-0.25, -0.2) is 4.39 Å². The molecule has 1 aliphatic heterocycles. The van der Waals surface area contributed by atoms with E-state index in [1.54, 1.807) is 6.92 Å². The molecular formula is C10H15FO5. The van der Waals surface area contributed by atoms with E-state index in [2.05, 4.69) is 0 Å². The summed E-state index contributed by atoms with van der Waals surface area (Å²) in [5, 5.41) is 0. The zero-order valence-corrected chi connectivity index (χ0v) is 9.44. The van der Waals surface area contributed by atoms with Crippen LogP contribution in [0.25, 0.3) is 0 Å². The highest BCUT2D eigenvalue weighted by atomic mass is 19.1. The number of hydrogen-bond donors (Lipinski definition) is 0. The Morgan fingerprint density at radius 2 is 1.81 bits per heavy atom. The van der Waals surface area contributed by atoms with Crippen molar-refractivity contribution in [1.82, 2.24) is 0 Å². The summed E-state index contributed by atoms with van der Waals surface area (Å²) in [4.78, 5) is 21.7. The molecule has 0 radical (unpaired) electrons. The van der Waals surface area contributed by atoms with E-state index in [9.17, 15) is 14.0 Å². The van der Waals surface area contributed by atoms with Crippen LogP contribution >= 0.6 is 0 Å². The van der Waals surface area contributed by atoms with Crippen molar-refractivity contribution in [2.45, 2.75) is 51.9 Å². The van der Waals surface area contributed by atoms with Gasteiger partial charge in [0.05, 0.1) is 6.10 Å². The van der Waals surface area contributed by atoms with E-state index >= 15 is 0 Å². The number of ether oxygens (including phenoxy) is 3. The first-order valence-corrected chi connectivity index (χ1v) is 5.04. The van der Waals surface area contributed by atoms with Gasteiger partial charge in [0, 0.05) is 20.3 Å². The minimum atomic E-state index is -1.51. The third-order valence-electron chi connectivity index (χ3n) is 2.23. The van der Waals surface area contributed by atoms with Crippen molar-refractivity contribution in [2.24, 2.45) is 0 Å². The largest absolute Gasteiger partial charge is 0.458 e. The Labute approximate surface area is 92.8 Å². The zero-order chi connectivity index (χ0) is 12.3. The predicted molar refractivity (Wildman–Crippen MR) is 51.2 cm³/mol. The molecular weight excluding hydrogens is 219 g/mol. The highest BCUT2D eigenvalue weighted by Crippen LogP contribution is 2.26. The van der Waals surface area contributed by atoms with Gasteiger partial charge in [0.2, 0.25) is 6.36 Å². The summed E-state index contributed by atoms with van der Waals surface area (Å²) in [6.07, 6.45) is -3.82. The van der Waals surface area contributed by atoms with Crippen LogP contribution in [0.5, 0.6) is 0 Å². The molecule has 5 nitrogen and oxygen atoms in total. The lowest BCUT2D eigenvalue weighted by molar-refractivity contribution is -0.222. The molecule has 0 aromatic rings. The Morgan fingerprint density at radius 3 is 2.31 bits per heavy atom. The predicted octanol–water partition coefficient (Wildman–Crippen LogP) is 0.954. The number of carbonyl (C=O) groups is 2. The lowest BCUT2D eigenvalue weighted by Crippen LogP contribution is -2.49. The van der Waals surface area contributed by atoms with Crippen LogP contribution in [-0.4, -0.2) is 36.6 Å². The van der Waals surface area contributed by atoms with Crippen LogP contribution in [0.3, 0.4) is 0 Å². The van der Waals surface area contributed by atoms with E-state index in [-0.39, 0.29) is 6.42 Å². The second-order valence-electron chi connectivity index (χ2n) is 3.71. The maximum atomic E-state index is 13.1. The van der Waals surface area contributed by atoms with Crippen LogP contribution in [0.1, 0.15) is 27.2 Å². The van der Waals surface area contributed by atoms with Crippen LogP contribution in [0.2, 0.25) is 0 Å². The van der Waals surface area contributed by atoms with Gasteiger partial charge in [0.1, 0.15) is 6.10 Å². The van der Waals surface area contributed by atoms with Crippen molar-refractivity contribution < 1.29 is 28.2 Å². The third-order valence-corrected chi connectivity index (χ3v) is 2.23. The normalized spacial score (nSPS) is 34.2. The van der Waals surface area contributed by atoms with Gasteiger partial charge >= 0.3 is 11.9 Å². The molecule has 0 saturated carbocycles. The molecule has 0 aromatic carbocycles. The molecule has 1 saturated heterocycles. The molecule has 0 unspecified atom stereocenters. The summed E-state index contributed by atoms with van der Waals surface area (Å²) in [6, 6.07) is 0. The Bertz CT molecular complexity index is 280. The standard InChI is InChI=1S/C10H15FO5/c1-5-10(16-7(3)13)8(15-6(2)12)4-9(11)14-5/h5,8-10H,4H2,1-3H3/t5-,8-,9-,10-/m0/s1. The van der Waals surface area contributed by atoms with Gasteiger partial charge in [-0.1, -0.05) is 0 Å². The molecule has 0 N–H and O–H groups in total. The monoisotopic (exact) mass is 234 g/mol. The summed E-state index contributed by atoms with van der Waals surface area (Å²) >= 11 is 0. The maximum Gasteiger partial charge on any atom is 0.303 e. The van der Waals surface area contributed by atoms with E-state index in [4.69, 9.17) is 14.2 Å². The second-order valence-corrected chi connectivity index (χ2v) is 3.71. The van der Waals surface area contributed by atoms with E-state index in [1.807, 2.05) is 0 Å². The third kappa shape index (κ3) is 3.44. The molecule has 16 heavy (non-hydrogen) atoms. The summed E-state index contributed by atoms with van der Waals surface area (Å²) < 4.78 is 27.8. The number of hydrogen-bond acceptors (Lipinski definition) is 5. The fourth-order valence-corrected chi connectivity index (χ4v) is 1.68. The van der Waals surface area contributed by atoms with E-state index in [1.165, 1.54) is 13.8 Å². The molecule has 0 spiro atoms. The Kier molecular flexibility index (Phi) is 4.23. The highest BCUT2D eigenvalue weighted by Gasteiger charge is 2.40. The molecule has 6 heteroatoms. The van der Waals surface area contributed by atoms with Crippen molar-refractivity contribution in [2.75, 3.05) is 0 Å². The lowest BCUT2D eigenvalue weighted by atomic mass is 10.0. The van der Waals surface area contributed by atoms with Crippen LogP contribution < -0.4 is 0 Å². The molecule has 0 aliphatic carbocycles. The Balaban J connectivity index is 2.71. The number of carbonyl (C=O) groups excluding carboxylic acids is 2. The number of rotatable bonds is 2. The number of alkyl halides is 1. The van der Waals surface area contributed by atoms with E-state index in [0.29, 0.717) is 0 Å². The van der Waals surface area contributed by atoms with Crippen molar-refractivity contribution >= 4 is 11.9 Å². The average molecular weight is 234 g/mol. The zero-order valence-electron chi connectivity index (χ0n) is 9.44. The summed E-state index contributed by atoms with van der Waals surface area (Å²) in [5.74, 6) is -1.06. The van der Waals surface area contributed by atoms with Gasteiger partial charge in [0.25, 0.3) is 0 Å². The molecule has 1 fully saturated rings. The summed E-state index contributed by atoms with van der Waals surface area (Å²) in [5.41, 5.74) is 0. The van der Waals surface area contributed by atoms with Gasteiger partial charge in [0.15, 0.2) is 6.10 Å². The topological polar surface area (TPSA) is 61.8 Å². The van der Waals surface area contributed by atoms with Gasteiger partial charge in [-0.15, -0.1) is 0 Å². The minimum absolute atomic E-state index is 0.123. The SMILES string of the molecule is CC(=O)O[C@H]1[C@H](C)O[C@H](F)C[C@@H]1OC(C)=O. The van der Waals surface area contributed by atoms with Gasteiger partial charge in [-0.2, -0.15) is 0 Å². The van der Waals surface area contributed by atoms with Crippen molar-refractivity contribution in [3.05, 3.63) is 0 Å². The van der Waals surface area contributed by atoms with E-state index in [0.717, 1.165) is 0 Å². The molecule has 1 rings (SSSR count). The molecule has 0 amide bonds. The molecule has 1 heterocycles. The van der Waals surface area contributed by atoms with Gasteiger partial charge in [-0.05, 0) is 6.92 Å². The van der Waals surface area contributed by atoms with Crippen LogP contribution in [0.15, 0.2) is 0 Å². The van der Waals surface area contributed by atoms with Crippen molar-refractivity contribution in [1.29, 1.82) is 0 Å². The lowest BCUT2D eigenvalue weighted by Gasteiger charge is -2.36. The molecule has 92 valence electrons.